The van der Waals surface area contributed by atoms with Crippen LogP contribution in [0.4, 0.5) is 5.69 Å². The van der Waals surface area contributed by atoms with E-state index in [-0.39, 0.29) is 5.91 Å². The molecule has 1 aliphatic heterocycles. The van der Waals surface area contributed by atoms with E-state index in [1.807, 2.05) is 13.0 Å². The number of nitrogens with zero attached hydrogens (tertiary/aromatic N) is 2. The second-order valence-corrected chi connectivity index (χ2v) is 6.21. The van der Waals surface area contributed by atoms with E-state index in [4.69, 9.17) is 0 Å². The van der Waals surface area contributed by atoms with Crippen molar-refractivity contribution in [1.29, 1.82) is 0 Å². The smallest absolute Gasteiger partial charge is 0.299 e. The Kier molecular flexibility index (Phi) is 4.46. The van der Waals surface area contributed by atoms with E-state index in [1.165, 1.54) is 9.80 Å². The topological polar surface area (TPSA) is 57.7 Å². The lowest BCUT2D eigenvalue weighted by Crippen LogP contribution is -2.32. The van der Waals surface area contributed by atoms with Crippen molar-refractivity contribution >= 4 is 39.2 Å². The highest BCUT2D eigenvalue weighted by Crippen LogP contribution is 2.35. The third-order valence-corrected chi connectivity index (χ3v) is 3.95. The highest BCUT2D eigenvalue weighted by molar-refractivity contribution is 9.10. The third-order valence-electron chi connectivity index (χ3n) is 3.49. The average molecular weight is 353 g/mol. The number of rotatable bonds is 4. The number of carbonyl (C=O) groups is 3. The molecular weight excluding hydrogens is 336 g/mol. The van der Waals surface area contributed by atoms with E-state index in [0.29, 0.717) is 30.6 Å². The SMILES string of the molecule is Cc1cc(Br)cc2c1N(CCCC(=O)N(C)C)C(=O)C2=O. The van der Waals surface area contributed by atoms with Gasteiger partial charge >= 0.3 is 0 Å². The molecule has 0 fully saturated rings. The zero-order valence-corrected chi connectivity index (χ0v) is 13.9. The molecule has 21 heavy (non-hydrogen) atoms. The van der Waals surface area contributed by atoms with Gasteiger partial charge in [-0.25, -0.2) is 0 Å². The number of halogens is 1. The highest BCUT2D eigenvalue weighted by atomic mass is 79.9. The monoisotopic (exact) mass is 352 g/mol. The number of hydrogen-bond acceptors (Lipinski definition) is 3. The quantitative estimate of drug-likeness (QED) is 0.780. The van der Waals surface area contributed by atoms with Crippen molar-refractivity contribution in [2.24, 2.45) is 0 Å². The van der Waals surface area contributed by atoms with Crippen molar-refractivity contribution in [3.8, 4) is 0 Å². The standard InChI is InChI=1S/C15H17BrN2O3/c1-9-7-10(16)8-11-13(9)18(15(21)14(11)20)6-4-5-12(19)17(2)3/h7-8H,4-6H2,1-3H3. The van der Waals surface area contributed by atoms with Gasteiger partial charge in [0.25, 0.3) is 11.7 Å². The second-order valence-electron chi connectivity index (χ2n) is 5.30. The number of ketones is 1. The molecule has 0 radical (unpaired) electrons. The van der Waals surface area contributed by atoms with E-state index in [1.54, 1.807) is 20.2 Å². The molecular formula is C15H17BrN2O3. The minimum Gasteiger partial charge on any atom is -0.349 e. The molecule has 2 amide bonds. The van der Waals surface area contributed by atoms with Gasteiger partial charge in [0.1, 0.15) is 0 Å². The van der Waals surface area contributed by atoms with E-state index in [9.17, 15) is 14.4 Å². The summed E-state index contributed by atoms with van der Waals surface area (Å²) in [7, 11) is 3.40. The minimum absolute atomic E-state index is 0.0146. The van der Waals surface area contributed by atoms with Crippen LogP contribution in [0.3, 0.4) is 0 Å². The van der Waals surface area contributed by atoms with Gasteiger partial charge in [-0.3, -0.25) is 14.4 Å². The summed E-state index contributed by atoms with van der Waals surface area (Å²) >= 11 is 3.34. The van der Waals surface area contributed by atoms with Gasteiger partial charge in [-0.05, 0) is 31.0 Å². The summed E-state index contributed by atoms with van der Waals surface area (Å²) in [4.78, 5) is 38.7. The first-order chi connectivity index (χ1) is 9.82. The van der Waals surface area contributed by atoms with Crippen LogP contribution in [0.2, 0.25) is 0 Å². The summed E-state index contributed by atoms with van der Waals surface area (Å²) in [5.41, 5.74) is 1.98. The van der Waals surface area contributed by atoms with E-state index < -0.39 is 11.7 Å². The van der Waals surface area contributed by atoms with Crippen LogP contribution in [-0.2, 0) is 9.59 Å². The maximum Gasteiger partial charge on any atom is 0.299 e. The van der Waals surface area contributed by atoms with Crippen molar-refractivity contribution in [2.75, 3.05) is 25.5 Å². The van der Waals surface area contributed by atoms with Crippen molar-refractivity contribution in [3.05, 3.63) is 27.7 Å². The summed E-state index contributed by atoms with van der Waals surface area (Å²) in [6, 6.07) is 3.55. The number of carbonyl (C=O) groups excluding carboxylic acids is 3. The number of aryl methyl sites for hydroxylation is 1. The fraction of sp³-hybridized carbons (Fsp3) is 0.400. The lowest BCUT2D eigenvalue weighted by Gasteiger charge is -2.19. The molecule has 0 aliphatic carbocycles. The van der Waals surface area contributed by atoms with Gasteiger partial charge in [-0.2, -0.15) is 0 Å². The van der Waals surface area contributed by atoms with Crippen molar-refractivity contribution < 1.29 is 14.4 Å². The number of amides is 2. The van der Waals surface area contributed by atoms with Gasteiger partial charge in [0.05, 0.1) is 11.3 Å². The molecule has 6 heteroatoms. The van der Waals surface area contributed by atoms with Crippen LogP contribution in [0.1, 0.15) is 28.8 Å². The molecule has 0 bridgehead atoms. The molecule has 1 heterocycles. The Hall–Kier alpha value is -1.69. The molecule has 0 unspecified atom stereocenters. The zero-order valence-electron chi connectivity index (χ0n) is 12.3. The first-order valence-electron chi connectivity index (χ1n) is 6.69. The molecule has 0 N–H and O–H groups in total. The van der Waals surface area contributed by atoms with Crippen LogP contribution in [0.5, 0.6) is 0 Å². The lowest BCUT2D eigenvalue weighted by atomic mass is 10.1. The predicted molar refractivity (Wildman–Crippen MR) is 83.5 cm³/mol. The maximum absolute atomic E-state index is 12.1. The number of Topliss-reactive ketones (excluding diaryl/α,β-unsaturated/α-hetero) is 1. The van der Waals surface area contributed by atoms with Crippen LogP contribution in [0.25, 0.3) is 0 Å². The predicted octanol–water partition coefficient (Wildman–Crippen LogP) is 2.16. The summed E-state index contributed by atoms with van der Waals surface area (Å²) in [6.07, 6.45) is 0.890. The number of fused-ring (bicyclic) bond motifs is 1. The first-order valence-corrected chi connectivity index (χ1v) is 7.48. The van der Waals surface area contributed by atoms with Gasteiger partial charge in [0.2, 0.25) is 5.91 Å². The Morgan fingerprint density at radius 3 is 2.57 bits per heavy atom. The third kappa shape index (κ3) is 3.00. The molecule has 1 aliphatic rings. The van der Waals surface area contributed by atoms with Gasteiger partial charge in [-0.1, -0.05) is 15.9 Å². The fourth-order valence-electron chi connectivity index (χ4n) is 2.43. The van der Waals surface area contributed by atoms with Crippen LogP contribution >= 0.6 is 15.9 Å². The Bertz CT molecular complexity index is 626. The number of benzene rings is 1. The maximum atomic E-state index is 12.1. The van der Waals surface area contributed by atoms with Gasteiger partial charge in [-0.15, -0.1) is 0 Å². The normalized spacial score (nSPS) is 13.6. The van der Waals surface area contributed by atoms with Crippen LogP contribution in [0, 0.1) is 6.92 Å². The summed E-state index contributed by atoms with van der Waals surface area (Å²) in [5, 5.41) is 0. The fourth-order valence-corrected chi connectivity index (χ4v) is 3.00. The largest absolute Gasteiger partial charge is 0.349 e. The lowest BCUT2D eigenvalue weighted by molar-refractivity contribution is -0.128. The number of hydrogen-bond donors (Lipinski definition) is 0. The Morgan fingerprint density at radius 2 is 1.95 bits per heavy atom. The number of anilines is 1. The van der Waals surface area contributed by atoms with Crippen LogP contribution in [0.15, 0.2) is 16.6 Å². The van der Waals surface area contributed by atoms with Crippen LogP contribution < -0.4 is 4.90 Å². The molecule has 1 aromatic rings. The van der Waals surface area contributed by atoms with Crippen molar-refractivity contribution in [3.63, 3.8) is 0 Å². The Balaban J connectivity index is 2.18. The molecule has 0 saturated heterocycles. The highest BCUT2D eigenvalue weighted by Gasteiger charge is 2.36. The Labute approximate surface area is 132 Å². The Morgan fingerprint density at radius 1 is 1.29 bits per heavy atom. The molecule has 112 valence electrons. The molecule has 0 saturated carbocycles. The van der Waals surface area contributed by atoms with Gasteiger partial charge in [0.15, 0.2) is 0 Å². The van der Waals surface area contributed by atoms with Crippen LogP contribution in [-0.4, -0.2) is 43.1 Å². The van der Waals surface area contributed by atoms with E-state index in [2.05, 4.69) is 15.9 Å². The van der Waals surface area contributed by atoms with E-state index >= 15 is 0 Å². The van der Waals surface area contributed by atoms with E-state index in [0.717, 1.165) is 10.0 Å². The zero-order chi connectivity index (χ0) is 15.7. The molecule has 0 aromatic heterocycles. The molecule has 5 nitrogen and oxygen atoms in total. The molecule has 2 rings (SSSR count). The summed E-state index contributed by atoms with van der Waals surface area (Å²) in [5.74, 6) is -0.974. The summed E-state index contributed by atoms with van der Waals surface area (Å²) < 4.78 is 0.782. The van der Waals surface area contributed by atoms with Gasteiger partial charge in [0, 0.05) is 31.5 Å². The van der Waals surface area contributed by atoms with Crippen molar-refractivity contribution in [2.45, 2.75) is 19.8 Å². The van der Waals surface area contributed by atoms with Crippen molar-refractivity contribution in [1.82, 2.24) is 4.90 Å². The minimum atomic E-state index is -0.511. The summed E-state index contributed by atoms with van der Waals surface area (Å²) in [6.45, 7) is 2.24. The molecule has 0 spiro atoms. The van der Waals surface area contributed by atoms with Gasteiger partial charge < -0.3 is 9.80 Å². The average Bonchev–Trinajstić information content (AvgIpc) is 2.64. The first kappa shape index (κ1) is 15.7. The molecule has 0 atom stereocenters. The molecule has 1 aromatic carbocycles. The second kappa shape index (κ2) is 5.97.